The molecule has 6 heteroatoms. The number of anilines is 1. The molecule has 1 nitrogen and oxygen atoms in total. The second kappa shape index (κ2) is 6.44. The summed E-state index contributed by atoms with van der Waals surface area (Å²) in [6.07, 6.45) is -4.34. The standard InChI is InChI=1S/C15H12ClF3IN/c1-9(21-14-6-5-12(20)8-13(14)16)10-3-2-4-11(7-10)15(17,18)19/h2-9,21H,1H3. The Morgan fingerprint density at radius 2 is 1.86 bits per heavy atom. The Bertz CT molecular complexity index is 643. The number of nitrogens with one attached hydrogen (secondary N) is 1. The molecule has 0 aromatic heterocycles. The van der Waals surface area contributed by atoms with Gasteiger partial charge in [0, 0.05) is 9.61 Å². The minimum Gasteiger partial charge on any atom is -0.377 e. The van der Waals surface area contributed by atoms with Crippen LogP contribution in [0.2, 0.25) is 5.02 Å². The molecule has 1 unspecified atom stereocenters. The normalized spacial score (nSPS) is 13.0. The van der Waals surface area contributed by atoms with E-state index >= 15 is 0 Å². The maximum absolute atomic E-state index is 12.7. The molecule has 21 heavy (non-hydrogen) atoms. The summed E-state index contributed by atoms with van der Waals surface area (Å²) in [4.78, 5) is 0. The summed E-state index contributed by atoms with van der Waals surface area (Å²) in [6.45, 7) is 1.80. The lowest BCUT2D eigenvalue weighted by Gasteiger charge is -2.18. The molecule has 112 valence electrons. The molecule has 2 aromatic carbocycles. The zero-order valence-electron chi connectivity index (χ0n) is 11.0. The second-order valence-electron chi connectivity index (χ2n) is 4.61. The summed E-state index contributed by atoms with van der Waals surface area (Å²) in [6, 6.07) is 10.5. The van der Waals surface area contributed by atoms with Crippen molar-refractivity contribution in [2.75, 3.05) is 5.32 Å². The fraction of sp³-hybridized carbons (Fsp3) is 0.200. The molecule has 0 fully saturated rings. The van der Waals surface area contributed by atoms with Gasteiger partial charge in [0.05, 0.1) is 16.3 Å². The van der Waals surface area contributed by atoms with Gasteiger partial charge in [-0.15, -0.1) is 0 Å². The van der Waals surface area contributed by atoms with Crippen LogP contribution in [-0.4, -0.2) is 0 Å². The van der Waals surface area contributed by atoms with Crippen LogP contribution in [0.1, 0.15) is 24.1 Å². The molecule has 0 radical (unpaired) electrons. The van der Waals surface area contributed by atoms with E-state index in [1.54, 1.807) is 19.1 Å². The number of benzene rings is 2. The summed E-state index contributed by atoms with van der Waals surface area (Å²) < 4.78 is 39.2. The lowest BCUT2D eigenvalue weighted by Crippen LogP contribution is -2.10. The first-order chi connectivity index (χ1) is 9.77. The van der Waals surface area contributed by atoms with Crippen molar-refractivity contribution in [1.29, 1.82) is 0 Å². The Labute approximate surface area is 139 Å². The van der Waals surface area contributed by atoms with Crippen molar-refractivity contribution in [2.24, 2.45) is 0 Å². The Kier molecular flexibility index (Phi) is 5.03. The van der Waals surface area contributed by atoms with Crippen molar-refractivity contribution in [3.63, 3.8) is 0 Å². The maximum Gasteiger partial charge on any atom is 0.416 e. The molecule has 1 atom stereocenters. The van der Waals surface area contributed by atoms with Gasteiger partial charge in [-0.2, -0.15) is 13.2 Å². The number of rotatable bonds is 3. The summed E-state index contributed by atoms with van der Waals surface area (Å²) in [5.74, 6) is 0. The van der Waals surface area contributed by atoms with Crippen LogP contribution in [0.25, 0.3) is 0 Å². The Morgan fingerprint density at radius 1 is 1.14 bits per heavy atom. The van der Waals surface area contributed by atoms with E-state index in [1.165, 1.54) is 6.07 Å². The third kappa shape index (κ3) is 4.26. The molecular formula is C15H12ClF3IN. The van der Waals surface area contributed by atoms with E-state index in [4.69, 9.17) is 11.6 Å². The molecule has 0 saturated carbocycles. The Morgan fingerprint density at radius 3 is 2.48 bits per heavy atom. The minimum absolute atomic E-state index is 0.287. The fourth-order valence-electron chi connectivity index (χ4n) is 1.91. The van der Waals surface area contributed by atoms with Crippen molar-refractivity contribution in [2.45, 2.75) is 19.1 Å². The van der Waals surface area contributed by atoms with E-state index < -0.39 is 11.7 Å². The summed E-state index contributed by atoms with van der Waals surface area (Å²) >= 11 is 8.26. The molecule has 0 aliphatic carbocycles. The molecule has 0 heterocycles. The SMILES string of the molecule is CC(Nc1ccc(I)cc1Cl)c1cccc(C(F)(F)F)c1. The minimum atomic E-state index is -4.34. The van der Waals surface area contributed by atoms with Gasteiger partial charge in [-0.25, -0.2) is 0 Å². The van der Waals surface area contributed by atoms with Gasteiger partial charge < -0.3 is 5.32 Å². The average molecular weight is 426 g/mol. The zero-order valence-corrected chi connectivity index (χ0v) is 13.9. The van der Waals surface area contributed by atoms with Gasteiger partial charge in [-0.05, 0) is 65.4 Å². The molecular weight excluding hydrogens is 414 g/mol. The quantitative estimate of drug-likeness (QED) is 0.583. The third-order valence-corrected chi connectivity index (χ3v) is 4.00. The highest BCUT2D eigenvalue weighted by molar-refractivity contribution is 14.1. The monoisotopic (exact) mass is 425 g/mol. The van der Waals surface area contributed by atoms with Crippen LogP contribution in [0, 0.1) is 3.57 Å². The van der Waals surface area contributed by atoms with Crippen LogP contribution in [0.4, 0.5) is 18.9 Å². The zero-order chi connectivity index (χ0) is 15.6. The topological polar surface area (TPSA) is 12.0 Å². The van der Waals surface area contributed by atoms with Gasteiger partial charge >= 0.3 is 6.18 Å². The van der Waals surface area contributed by atoms with Crippen LogP contribution in [-0.2, 0) is 6.18 Å². The first kappa shape index (κ1) is 16.4. The summed E-state index contributed by atoms with van der Waals surface area (Å²) in [5, 5.41) is 3.67. The highest BCUT2D eigenvalue weighted by atomic mass is 127. The third-order valence-electron chi connectivity index (χ3n) is 3.02. The Hall–Kier alpha value is -0.950. The van der Waals surface area contributed by atoms with Crippen LogP contribution < -0.4 is 5.32 Å². The second-order valence-corrected chi connectivity index (χ2v) is 6.27. The molecule has 2 rings (SSSR count). The van der Waals surface area contributed by atoms with Gasteiger partial charge in [-0.3, -0.25) is 0 Å². The summed E-state index contributed by atoms with van der Waals surface area (Å²) in [7, 11) is 0. The number of hydrogen-bond acceptors (Lipinski definition) is 1. The highest BCUT2D eigenvalue weighted by Crippen LogP contribution is 2.32. The maximum atomic E-state index is 12.7. The van der Waals surface area contributed by atoms with Crippen LogP contribution in [0.5, 0.6) is 0 Å². The smallest absolute Gasteiger partial charge is 0.377 e. The van der Waals surface area contributed by atoms with Crippen LogP contribution in [0.15, 0.2) is 42.5 Å². The lowest BCUT2D eigenvalue weighted by atomic mass is 10.0. The predicted molar refractivity (Wildman–Crippen MR) is 87.7 cm³/mol. The van der Waals surface area contributed by atoms with E-state index in [0.29, 0.717) is 16.3 Å². The van der Waals surface area contributed by atoms with E-state index in [0.717, 1.165) is 15.7 Å². The van der Waals surface area contributed by atoms with E-state index in [-0.39, 0.29) is 6.04 Å². The Balaban J connectivity index is 2.22. The average Bonchev–Trinajstić information content (AvgIpc) is 2.41. The first-order valence-corrected chi connectivity index (χ1v) is 7.62. The van der Waals surface area contributed by atoms with Gasteiger partial charge in [0.1, 0.15) is 0 Å². The van der Waals surface area contributed by atoms with Crippen molar-refractivity contribution in [3.05, 3.63) is 62.2 Å². The molecule has 1 N–H and O–H groups in total. The lowest BCUT2D eigenvalue weighted by molar-refractivity contribution is -0.137. The van der Waals surface area contributed by atoms with Crippen molar-refractivity contribution in [3.8, 4) is 0 Å². The van der Waals surface area contributed by atoms with Crippen molar-refractivity contribution in [1.82, 2.24) is 0 Å². The van der Waals surface area contributed by atoms with Gasteiger partial charge in [0.25, 0.3) is 0 Å². The van der Waals surface area contributed by atoms with Crippen LogP contribution >= 0.6 is 34.2 Å². The largest absolute Gasteiger partial charge is 0.416 e. The molecule has 0 saturated heterocycles. The molecule has 0 aliphatic rings. The van der Waals surface area contributed by atoms with Crippen LogP contribution in [0.3, 0.4) is 0 Å². The van der Waals surface area contributed by atoms with E-state index in [2.05, 4.69) is 27.9 Å². The van der Waals surface area contributed by atoms with Gasteiger partial charge in [0.2, 0.25) is 0 Å². The van der Waals surface area contributed by atoms with Gasteiger partial charge in [-0.1, -0.05) is 23.7 Å². The molecule has 0 bridgehead atoms. The molecule has 0 aliphatic heterocycles. The number of alkyl halides is 3. The number of halogens is 5. The molecule has 0 amide bonds. The molecule has 0 spiro atoms. The van der Waals surface area contributed by atoms with E-state index in [9.17, 15) is 13.2 Å². The highest BCUT2D eigenvalue weighted by Gasteiger charge is 2.30. The van der Waals surface area contributed by atoms with E-state index in [1.807, 2.05) is 12.1 Å². The number of hydrogen-bond donors (Lipinski definition) is 1. The molecule has 2 aromatic rings. The van der Waals surface area contributed by atoms with Gasteiger partial charge in [0.15, 0.2) is 0 Å². The fourth-order valence-corrected chi connectivity index (χ4v) is 2.82. The summed E-state index contributed by atoms with van der Waals surface area (Å²) in [5.41, 5.74) is 0.601. The van der Waals surface area contributed by atoms with Crippen molar-refractivity contribution < 1.29 is 13.2 Å². The van der Waals surface area contributed by atoms with Crippen molar-refractivity contribution >= 4 is 39.9 Å². The predicted octanol–water partition coefficient (Wildman–Crippen LogP) is 6.14. The first-order valence-electron chi connectivity index (χ1n) is 6.16.